The minimum atomic E-state index is -1.74. The summed E-state index contributed by atoms with van der Waals surface area (Å²) in [5.74, 6) is -6.12. The number of halogens is 2. The van der Waals surface area contributed by atoms with Crippen molar-refractivity contribution in [3.8, 4) is 0 Å². The molecule has 5 rings (SSSR count). The van der Waals surface area contributed by atoms with E-state index < -0.39 is 88.8 Å². The normalized spacial score (nSPS) is 13.2. The second-order valence-corrected chi connectivity index (χ2v) is 19.4. The quantitative estimate of drug-likeness (QED) is 0.0586. The highest BCUT2D eigenvalue weighted by Crippen LogP contribution is 2.26. The van der Waals surface area contributed by atoms with Gasteiger partial charge in [0.05, 0.1) is 17.6 Å². The fourth-order valence-electron chi connectivity index (χ4n) is 6.91. The van der Waals surface area contributed by atoms with E-state index in [-0.39, 0.29) is 30.6 Å². The van der Waals surface area contributed by atoms with Crippen LogP contribution in [0.4, 0.5) is 14.9 Å². The summed E-state index contributed by atoms with van der Waals surface area (Å²) in [5, 5.41) is 12.8. The molecule has 4 N–H and O–H groups in total. The molecule has 67 heavy (non-hydrogen) atoms. The molecule has 0 fully saturated rings. The number of carbonyl (C=O) groups is 7. The first-order valence-corrected chi connectivity index (χ1v) is 22.1. The lowest BCUT2D eigenvalue weighted by atomic mass is 10.0. The third-order valence-corrected chi connectivity index (χ3v) is 9.93. The Kier molecular flexibility index (Phi) is 16.2. The molecule has 4 aromatic carbocycles. The molecule has 0 saturated heterocycles. The average Bonchev–Trinajstić information content (AvgIpc) is 3.59. The Balaban J connectivity index is 1.52. The van der Waals surface area contributed by atoms with Crippen LogP contribution in [-0.4, -0.2) is 81.2 Å². The van der Waals surface area contributed by atoms with E-state index in [1.807, 2.05) is 36.4 Å². The number of hydrogen-bond acceptors (Lipinski definition) is 10. The molecule has 4 amide bonds. The van der Waals surface area contributed by atoms with Gasteiger partial charge in [-0.15, -0.1) is 0 Å². The van der Waals surface area contributed by atoms with Crippen LogP contribution in [0, 0.1) is 5.82 Å². The molecular formula is C50H57ClFN5O10. The molecule has 1 aromatic heterocycles. The molecular weight excluding hydrogens is 885 g/mol. The van der Waals surface area contributed by atoms with Crippen LogP contribution in [0.25, 0.3) is 21.7 Å². The highest BCUT2D eigenvalue weighted by Gasteiger charge is 2.35. The van der Waals surface area contributed by atoms with E-state index >= 15 is 0 Å². The van der Waals surface area contributed by atoms with Crippen molar-refractivity contribution >= 4 is 80.6 Å². The largest absolute Gasteiger partial charge is 0.460 e. The zero-order valence-electron chi connectivity index (χ0n) is 39.0. The number of carbonyl (C=O) groups excluding carboxylic acids is 7. The topological polar surface area (TPSA) is 200 Å². The second kappa shape index (κ2) is 21.2. The highest BCUT2D eigenvalue weighted by atomic mass is 35.5. The number of nitrogens with zero attached hydrogens (tertiary/aromatic N) is 1. The van der Waals surface area contributed by atoms with Gasteiger partial charge in [0.25, 0.3) is 5.91 Å². The molecule has 0 aliphatic carbocycles. The van der Waals surface area contributed by atoms with Gasteiger partial charge < -0.3 is 35.5 Å². The second-order valence-electron chi connectivity index (χ2n) is 19.0. The minimum absolute atomic E-state index is 0.148. The number of ether oxygens (including phenoxy) is 3. The first-order valence-electron chi connectivity index (χ1n) is 21.7. The van der Waals surface area contributed by atoms with E-state index in [0.717, 1.165) is 21.4 Å². The maximum atomic E-state index is 14.7. The number of benzene rings is 4. The number of fused-ring (bicyclic) bond motifs is 2. The third kappa shape index (κ3) is 15.1. The first kappa shape index (κ1) is 51.2. The minimum Gasteiger partial charge on any atom is -0.460 e. The van der Waals surface area contributed by atoms with Crippen molar-refractivity contribution in [1.82, 2.24) is 20.5 Å². The van der Waals surface area contributed by atoms with Crippen molar-refractivity contribution in [2.45, 2.75) is 123 Å². The van der Waals surface area contributed by atoms with E-state index in [1.54, 1.807) is 86.6 Å². The number of hydrogen-bond donors (Lipinski definition) is 4. The van der Waals surface area contributed by atoms with Crippen LogP contribution in [0.5, 0.6) is 0 Å². The number of rotatable bonds is 15. The molecule has 0 aliphatic heterocycles. The first-order chi connectivity index (χ1) is 31.2. The van der Waals surface area contributed by atoms with Crippen molar-refractivity contribution in [2.75, 3.05) is 5.32 Å². The van der Waals surface area contributed by atoms with Gasteiger partial charge in [-0.05, 0) is 121 Å². The summed E-state index contributed by atoms with van der Waals surface area (Å²) in [5.41, 5.74) is -2.34. The van der Waals surface area contributed by atoms with E-state index in [2.05, 4.69) is 21.3 Å². The van der Waals surface area contributed by atoms with Gasteiger partial charge in [-0.1, -0.05) is 66.2 Å². The third-order valence-electron chi connectivity index (χ3n) is 9.69. The zero-order chi connectivity index (χ0) is 49.4. The van der Waals surface area contributed by atoms with Crippen molar-refractivity contribution in [3.63, 3.8) is 0 Å². The summed E-state index contributed by atoms with van der Waals surface area (Å²) < 4.78 is 32.4. The summed E-state index contributed by atoms with van der Waals surface area (Å²) in [6.07, 6.45) is -2.45. The monoisotopic (exact) mass is 941 g/mol. The molecule has 356 valence electrons. The Morgan fingerprint density at radius 1 is 0.612 bits per heavy atom. The molecule has 0 aliphatic rings. The van der Waals surface area contributed by atoms with E-state index in [1.165, 1.54) is 24.3 Å². The number of esters is 2. The lowest BCUT2D eigenvalue weighted by Gasteiger charge is -2.27. The fourth-order valence-corrected chi connectivity index (χ4v) is 7.09. The van der Waals surface area contributed by atoms with Gasteiger partial charge in [0, 0.05) is 23.3 Å². The molecule has 5 aromatic rings. The number of anilines is 1. The molecule has 1 heterocycles. The average molecular weight is 942 g/mol. The van der Waals surface area contributed by atoms with Crippen LogP contribution in [0.3, 0.4) is 0 Å². The van der Waals surface area contributed by atoms with Gasteiger partial charge >= 0.3 is 18.0 Å². The summed E-state index contributed by atoms with van der Waals surface area (Å²) in [7, 11) is 0. The fraction of sp³-hybridized carbons (Fsp3) is 0.380. The Morgan fingerprint density at radius 3 is 1.87 bits per heavy atom. The smallest absolute Gasteiger partial charge is 0.419 e. The van der Waals surface area contributed by atoms with E-state index in [4.69, 9.17) is 25.8 Å². The van der Waals surface area contributed by atoms with Crippen molar-refractivity contribution in [3.05, 3.63) is 113 Å². The number of aromatic nitrogens is 1. The number of amides is 4. The van der Waals surface area contributed by atoms with Gasteiger partial charge in [-0.25, -0.2) is 13.8 Å². The maximum Gasteiger partial charge on any atom is 0.419 e. The lowest BCUT2D eigenvalue weighted by Crippen LogP contribution is -2.57. The summed E-state index contributed by atoms with van der Waals surface area (Å²) in [6.45, 7) is 14.8. The summed E-state index contributed by atoms with van der Waals surface area (Å²) in [6, 6.07) is 19.6. The van der Waals surface area contributed by atoms with Crippen molar-refractivity contribution in [1.29, 1.82) is 0 Å². The number of para-hydroxylation sites is 1. The van der Waals surface area contributed by atoms with Gasteiger partial charge in [0.15, 0.2) is 0 Å². The predicted octanol–water partition coefficient (Wildman–Crippen LogP) is 8.17. The lowest BCUT2D eigenvalue weighted by molar-refractivity contribution is -0.156. The Bertz CT molecular complexity index is 2680. The molecule has 0 saturated carbocycles. The van der Waals surface area contributed by atoms with Crippen LogP contribution in [0.2, 0.25) is 5.02 Å². The molecule has 3 atom stereocenters. The van der Waals surface area contributed by atoms with E-state index in [0.29, 0.717) is 21.5 Å². The Hall–Kier alpha value is -6.81. The summed E-state index contributed by atoms with van der Waals surface area (Å²) in [4.78, 5) is 97.1. The molecule has 17 heteroatoms. The van der Waals surface area contributed by atoms with Crippen LogP contribution in [0.15, 0.2) is 91.0 Å². The molecule has 0 bridgehead atoms. The Labute approximate surface area is 393 Å². The molecule has 0 spiro atoms. The van der Waals surface area contributed by atoms with Crippen molar-refractivity contribution < 1.29 is 52.2 Å². The van der Waals surface area contributed by atoms with Crippen LogP contribution in [-0.2, 0) is 44.6 Å². The SMILES string of the molecule is CC(C)(C)OC(=O)CC[C@H](NC(=O)[C@H](CC(=O)OC(C)(C)C)NC(=O)[C@H](Cc1ccc2ccccc2c1)NC(=O)c1cc2cc(Cl)ccc2n1C(=O)OC(C)(C)C)C(=O)Nc1ccccc1F. The zero-order valence-corrected chi connectivity index (χ0v) is 39.8. The Morgan fingerprint density at radius 2 is 1.21 bits per heavy atom. The molecule has 15 nitrogen and oxygen atoms in total. The van der Waals surface area contributed by atoms with Gasteiger partial charge in [-0.2, -0.15) is 0 Å². The van der Waals surface area contributed by atoms with Gasteiger partial charge in [0.2, 0.25) is 17.7 Å². The van der Waals surface area contributed by atoms with Gasteiger partial charge in [-0.3, -0.25) is 28.8 Å². The highest BCUT2D eigenvalue weighted by molar-refractivity contribution is 6.31. The van der Waals surface area contributed by atoms with Crippen LogP contribution in [0.1, 0.15) is 97.6 Å². The van der Waals surface area contributed by atoms with Gasteiger partial charge in [0.1, 0.15) is 46.4 Å². The summed E-state index contributed by atoms with van der Waals surface area (Å²) >= 11 is 6.29. The van der Waals surface area contributed by atoms with E-state index in [9.17, 15) is 38.0 Å². The van der Waals surface area contributed by atoms with Crippen LogP contribution < -0.4 is 21.3 Å². The van der Waals surface area contributed by atoms with Crippen LogP contribution >= 0.6 is 11.6 Å². The van der Waals surface area contributed by atoms with Crippen molar-refractivity contribution in [2.24, 2.45) is 0 Å². The predicted molar refractivity (Wildman–Crippen MR) is 252 cm³/mol. The maximum absolute atomic E-state index is 14.7. The molecule has 0 radical (unpaired) electrons. The standard InChI is InChI=1S/C50H57ClFN5O10/c1-48(2,3)65-41(58)23-21-36(43(60)53-35-17-13-12-16-34(35)52)54-45(62)38(28-42(59)66-49(4,5)6)55-44(61)37(25-29-18-19-30-14-10-11-15-31(30)24-29)56-46(63)40-27-32-26-33(51)20-22-39(32)57(40)47(64)67-50(7,8)9/h10-20,22,24,26-27,36-38H,21,23,25,28H2,1-9H3,(H,53,60)(H,54,62)(H,55,61)(H,56,63)/t36-,37-,38-/m0/s1. The number of nitrogens with one attached hydrogen (secondary N) is 4. The molecule has 0 unspecified atom stereocenters.